The summed E-state index contributed by atoms with van der Waals surface area (Å²) in [5.41, 5.74) is 3.88. The Kier molecular flexibility index (Phi) is 6.80. The molecular weight excluding hydrogens is 358 g/mol. The molecule has 3 aromatic rings. The zero-order valence-corrected chi connectivity index (χ0v) is 17.2. The van der Waals surface area contributed by atoms with Gasteiger partial charge >= 0.3 is 5.63 Å². The predicted molar refractivity (Wildman–Crippen MR) is 112 cm³/mol. The molecule has 144 valence electrons. The van der Waals surface area contributed by atoms with Crippen molar-refractivity contribution in [1.82, 2.24) is 4.98 Å². The third kappa shape index (κ3) is 4.85. The maximum absolute atomic E-state index is 12.5. The van der Waals surface area contributed by atoms with E-state index in [2.05, 4.69) is 18.0 Å². The van der Waals surface area contributed by atoms with E-state index in [1.165, 1.54) is 36.2 Å². The van der Waals surface area contributed by atoms with Gasteiger partial charge < -0.3 is 9.15 Å². The number of hydrogen-bond acceptors (Lipinski definition) is 5. The van der Waals surface area contributed by atoms with Crippen molar-refractivity contribution in [2.45, 2.75) is 59.5 Å². The molecule has 2 aromatic heterocycles. The molecule has 0 fully saturated rings. The minimum atomic E-state index is -0.342. The molecule has 0 N–H and O–H groups in total. The SMILES string of the molecule is CCCCCCc1cc2cc(-c3csc(C)n3)c(=O)oc2cc1COCC. The summed E-state index contributed by atoms with van der Waals surface area (Å²) in [4.78, 5) is 16.9. The van der Waals surface area contributed by atoms with E-state index in [4.69, 9.17) is 9.15 Å². The highest BCUT2D eigenvalue weighted by Crippen LogP contribution is 2.26. The van der Waals surface area contributed by atoms with E-state index >= 15 is 0 Å². The van der Waals surface area contributed by atoms with Crippen LogP contribution in [0.25, 0.3) is 22.2 Å². The van der Waals surface area contributed by atoms with Crippen molar-refractivity contribution in [1.29, 1.82) is 0 Å². The molecule has 1 aromatic carbocycles. The summed E-state index contributed by atoms with van der Waals surface area (Å²) in [6.45, 7) is 7.36. The van der Waals surface area contributed by atoms with E-state index in [9.17, 15) is 4.79 Å². The maximum atomic E-state index is 12.5. The van der Waals surface area contributed by atoms with Crippen molar-refractivity contribution in [3.63, 3.8) is 0 Å². The zero-order chi connectivity index (χ0) is 19.2. The Morgan fingerprint density at radius 2 is 1.96 bits per heavy atom. The second kappa shape index (κ2) is 9.29. The Morgan fingerprint density at radius 1 is 1.11 bits per heavy atom. The normalized spacial score (nSPS) is 11.4. The van der Waals surface area contributed by atoms with Gasteiger partial charge in [0.05, 0.1) is 22.9 Å². The van der Waals surface area contributed by atoms with Gasteiger partial charge in [0.25, 0.3) is 0 Å². The molecule has 5 heteroatoms. The van der Waals surface area contributed by atoms with Crippen molar-refractivity contribution >= 4 is 22.3 Å². The van der Waals surface area contributed by atoms with E-state index in [0.29, 0.717) is 30.1 Å². The Balaban J connectivity index is 2.00. The monoisotopic (exact) mass is 385 g/mol. The summed E-state index contributed by atoms with van der Waals surface area (Å²) in [6, 6.07) is 6.04. The van der Waals surface area contributed by atoms with E-state index in [1.807, 2.05) is 31.4 Å². The molecule has 0 atom stereocenters. The smallest absolute Gasteiger partial charge is 0.345 e. The first-order valence-electron chi connectivity index (χ1n) is 9.72. The fourth-order valence-electron chi connectivity index (χ4n) is 3.24. The largest absolute Gasteiger partial charge is 0.422 e. The Morgan fingerprint density at radius 3 is 2.67 bits per heavy atom. The molecule has 2 heterocycles. The molecule has 0 radical (unpaired) electrons. The van der Waals surface area contributed by atoms with Crippen LogP contribution < -0.4 is 5.63 Å². The number of nitrogens with zero attached hydrogens (tertiary/aromatic N) is 1. The lowest BCUT2D eigenvalue weighted by Crippen LogP contribution is -2.05. The highest BCUT2D eigenvalue weighted by Gasteiger charge is 2.13. The first-order valence-corrected chi connectivity index (χ1v) is 10.6. The van der Waals surface area contributed by atoms with E-state index in [1.54, 1.807) is 0 Å². The van der Waals surface area contributed by atoms with Crippen LogP contribution in [0, 0.1) is 6.92 Å². The number of benzene rings is 1. The van der Waals surface area contributed by atoms with Crippen LogP contribution in [0.2, 0.25) is 0 Å². The summed E-state index contributed by atoms with van der Waals surface area (Å²) >= 11 is 1.54. The molecule has 3 rings (SSSR count). The van der Waals surface area contributed by atoms with Gasteiger partial charge in [-0.1, -0.05) is 26.2 Å². The quantitative estimate of drug-likeness (QED) is 0.341. The fraction of sp³-hybridized carbons (Fsp3) is 0.455. The Hall–Kier alpha value is -1.98. The molecule has 0 bridgehead atoms. The lowest BCUT2D eigenvalue weighted by molar-refractivity contribution is 0.133. The molecule has 0 spiro atoms. The molecule has 0 aliphatic carbocycles. The maximum Gasteiger partial charge on any atom is 0.345 e. The number of rotatable bonds is 9. The first-order chi connectivity index (χ1) is 13.1. The van der Waals surface area contributed by atoms with Crippen molar-refractivity contribution in [3.8, 4) is 11.3 Å². The minimum Gasteiger partial charge on any atom is -0.422 e. The van der Waals surface area contributed by atoms with Crippen molar-refractivity contribution in [2.75, 3.05) is 6.61 Å². The van der Waals surface area contributed by atoms with Gasteiger partial charge in [-0.3, -0.25) is 0 Å². The molecule has 0 unspecified atom stereocenters. The van der Waals surface area contributed by atoms with Crippen LogP contribution in [0.15, 0.2) is 32.8 Å². The van der Waals surface area contributed by atoms with Gasteiger partial charge in [0.2, 0.25) is 0 Å². The number of fused-ring (bicyclic) bond motifs is 1. The van der Waals surface area contributed by atoms with E-state index < -0.39 is 0 Å². The number of aromatic nitrogens is 1. The Bertz CT molecular complexity index is 958. The number of unbranched alkanes of at least 4 members (excludes halogenated alkanes) is 3. The predicted octanol–water partition coefficient (Wildman–Crippen LogP) is 5.88. The lowest BCUT2D eigenvalue weighted by Gasteiger charge is -2.12. The molecule has 4 nitrogen and oxygen atoms in total. The number of hydrogen-bond donors (Lipinski definition) is 0. The molecule has 27 heavy (non-hydrogen) atoms. The van der Waals surface area contributed by atoms with Crippen molar-refractivity contribution in [3.05, 3.63) is 50.1 Å². The van der Waals surface area contributed by atoms with Crippen LogP contribution in [0.3, 0.4) is 0 Å². The van der Waals surface area contributed by atoms with Crippen LogP contribution in [0.4, 0.5) is 0 Å². The molecule has 0 saturated carbocycles. The third-order valence-corrected chi connectivity index (χ3v) is 5.48. The molecule has 0 saturated heterocycles. The van der Waals surface area contributed by atoms with Gasteiger partial charge in [0.1, 0.15) is 5.58 Å². The van der Waals surface area contributed by atoms with Crippen LogP contribution in [0.1, 0.15) is 55.7 Å². The van der Waals surface area contributed by atoms with Gasteiger partial charge in [0, 0.05) is 17.4 Å². The van der Waals surface area contributed by atoms with Crippen LogP contribution in [-0.4, -0.2) is 11.6 Å². The second-order valence-corrected chi connectivity index (χ2v) is 7.87. The van der Waals surface area contributed by atoms with Gasteiger partial charge in [0.15, 0.2) is 0 Å². The molecule has 0 amide bonds. The summed E-state index contributed by atoms with van der Waals surface area (Å²) in [7, 11) is 0. The molecule has 0 aliphatic heterocycles. The summed E-state index contributed by atoms with van der Waals surface area (Å²) in [5.74, 6) is 0. The average Bonchev–Trinajstić information content (AvgIpc) is 3.09. The van der Waals surface area contributed by atoms with Crippen LogP contribution in [0.5, 0.6) is 0 Å². The van der Waals surface area contributed by atoms with Gasteiger partial charge in [-0.05, 0) is 56.0 Å². The molecule has 0 aliphatic rings. The number of ether oxygens (including phenoxy) is 1. The lowest BCUT2D eigenvalue weighted by atomic mass is 9.98. The highest BCUT2D eigenvalue weighted by molar-refractivity contribution is 7.09. The van der Waals surface area contributed by atoms with Gasteiger partial charge in [-0.2, -0.15) is 0 Å². The fourth-order valence-corrected chi connectivity index (χ4v) is 3.86. The first kappa shape index (κ1) is 19.8. The molecular formula is C22H27NO3S. The third-order valence-electron chi connectivity index (χ3n) is 4.71. The van der Waals surface area contributed by atoms with Crippen LogP contribution in [-0.2, 0) is 17.8 Å². The van der Waals surface area contributed by atoms with Crippen molar-refractivity contribution < 1.29 is 9.15 Å². The zero-order valence-electron chi connectivity index (χ0n) is 16.3. The van der Waals surface area contributed by atoms with Crippen molar-refractivity contribution in [2.24, 2.45) is 0 Å². The number of thiazole rings is 1. The summed E-state index contributed by atoms with van der Waals surface area (Å²) in [5, 5.41) is 3.79. The topological polar surface area (TPSA) is 52.3 Å². The van der Waals surface area contributed by atoms with E-state index in [-0.39, 0.29) is 5.63 Å². The summed E-state index contributed by atoms with van der Waals surface area (Å²) < 4.78 is 11.3. The highest BCUT2D eigenvalue weighted by atomic mass is 32.1. The number of aryl methyl sites for hydroxylation is 2. The van der Waals surface area contributed by atoms with Gasteiger partial charge in [-0.15, -0.1) is 11.3 Å². The standard InChI is InChI=1S/C22H27NO3S/c1-4-6-7-8-9-16-10-17-11-19(20-14-27-15(3)23-20)22(24)26-21(17)12-18(16)13-25-5-2/h10-12,14H,4-9,13H2,1-3H3. The summed E-state index contributed by atoms with van der Waals surface area (Å²) in [6.07, 6.45) is 5.90. The Labute approximate surface area is 164 Å². The second-order valence-electron chi connectivity index (χ2n) is 6.81. The van der Waals surface area contributed by atoms with E-state index in [0.717, 1.165) is 28.8 Å². The van der Waals surface area contributed by atoms with Gasteiger partial charge in [-0.25, -0.2) is 9.78 Å². The minimum absolute atomic E-state index is 0.342. The van der Waals surface area contributed by atoms with Crippen LogP contribution >= 0.6 is 11.3 Å². The average molecular weight is 386 g/mol.